The largest absolute Gasteiger partial charge is 0.435 e. The van der Waals surface area contributed by atoms with Crippen molar-refractivity contribution < 1.29 is 27.5 Å². The highest BCUT2D eigenvalue weighted by molar-refractivity contribution is 5.97. The van der Waals surface area contributed by atoms with Crippen LogP contribution in [-0.4, -0.2) is 43.0 Å². The lowest BCUT2D eigenvalue weighted by Gasteiger charge is -2.26. The highest BCUT2D eigenvalue weighted by Gasteiger charge is 2.29. The minimum atomic E-state index is -3.08. The molecule has 23 heavy (non-hydrogen) atoms. The molecule has 0 saturated carbocycles. The van der Waals surface area contributed by atoms with E-state index in [2.05, 4.69) is 10.1 Å². The molecule has 2 rings (SSSR count). The lowest BCUT2D eigenvalue weighted by Crippen LogP contribution is -2.46. The number of carbonyl (C=O) groups is 2. The van der Waals surface area contributed by atoms with Crippen molar-refractivity contribution in [3.05, 3.63) is 29.6 Å². The van der Waals surface area contributed by atoms with Crippen LogP contribution in [0, 0.1) is 5.82 Å². The quantitative estimate of drug-likeness (QED) is 0.920. The number of benzene rings is 1. The third-order valence-corrected chi connectivity index (χ3v) is 3.69. The van der Waals surface area contributed by atoms with Gasteiger partial charge in [0.2, 0.25) is 5.91 Å². The number of nitrogens with one attached hydrogen (secondary N) is 1. The average Bonchev–Trinajstić information content (AvgIpc) is 2.70. The molecule has 1 fully saturated rings. The Morgan fingerprint density at radius 3 is 2.78 bits per heavy atom. The molecule has 1 aromatic carbocycles. The van der Waals surface area contributed by atoms with Crippen molar-refractivity contribution in [1.29, 1.82) is 0 Å². The van der Waals surface area contributed by atoms with Crippen LogP contribution in [0.1, 0.15) is 29.6 Å². The normalized spacial score (nSPS) is 18.3. The van der Waals surface area contributed by atoms with Gasteiger partial charge in [-0.3, -0.25) is 9.59 Å². The van der Waals surface area contributed by atoms with Crippen molar-refractivity contribution in [2.45, 2.75) is 31.9 Å². The molecule has 1 aliphatic heterocycles. The second kappa shape index (κ2) is 7.34. The minimum Gasteiger partial charge on any atom is -0.435 e. The minimum absolute atomic E-state index is 0.281. The molecule has 0 bridgehead atoms. The van der Waals surface area contributed by atoms with E-state index in [0.717, 1.165) is 31.0 Å². The molecule has 0 spiro atoms. The maximum absolute atomic E-state index is 14.0. The summed E-state index contributed by atoms with van der Waals surface area (Å²) in [5, 5.41) is 2.70. The Morgan fingerprint density at radius 2 is 2.13 bits per heavy atom. The molecule has 8 heteroatoms. The summed E-state index contributed by atoms with van der Waals surface area (Å²) in [5.41, 5.74) is -0.300. The number of likely N-dealkylation sites (N-methyl/N-ethyl adjacent to an activating group) is 1. The molecule has 1 aromatic rings. The van der Waals surface area contributed by atoms with E-state index in [1.165, 1.54) is 11.9 Å². The number of hydrogen-bond acceptors (Lipinski definition) is 3. The summed E-state index contributed by atoms with van der Waals surface area (Å²) >= 11 is 0. The van der Waals surface area contributed by atoms with Crippen LogP contribution in [0.5, 0.6) is 5.75 Å². The number of hydrogen-bond donors (Lipinski definition) is 1. The van der Waals surface area contributed by atoms with Crippen molar-refractivity contribution in [1.82, 2.24) is 10.2 Å². The molecule has 1 heterocycles. The van der Waals surface area contributed by atoms with Gasteiger partial charge in [-0.2, -0.15) is 8.78 Å². The molecule has 1 atom stereocenters. The Morgan fingerprint density at radius 1 is 1.39 bits per heavy atom. The van der Waals surface area contributed by atoms with E-state index < -0.39 is 24.4 Å². The van der Waals surface area contributed by atoms with Gasteiger partial charge in [-0.05, 0) is 31.4 Å². The molecule has 126 valence electrons. The second-order valence-electron chi connectivity index (χ2n) is 5.24. The predicted molar refractivity (Wildman–Crippen MR) is 75.8 cm³/mol. The molecule has 0 radical (unpaired) electrons. The molecular formula is C15H17F3N2O3. The highest BCUT2D eigenvalue weighted by Crippen LogP contribution is 2.21. The van der Waals surface area contributed by atoms with Gasteiger partial charge >= 0.3 is 6.61 Å². The zero-order chi connectivity index (χ0) is 17.0. The summed E-state index contributed by atoms with van der Waals surface area (Å²) in [7, 11) is 1.42. The van der Waals surface area contributed by atoms with Crippen LogP contribution in [0.25, 0.3) is 0 Å². The van der Waals surface area contributed by atoms with Gasteiger partial charge in [0, 0.05) is 19.7 Å². The predicted octanol–water partition coefficient (Wildman–Crippen LogP) is 2.17. The van der Waals surface area contributed by atoms with Crippen LogP contribution in [0.3, 0.4) is 0 Å². The smallest absolute Gasteiger partial charge is 0.387 e. The fourth-order valence-corrected chi connectivity index (χ4v) is 2.47. The number of ether oxygens (including phenoxy) is 1. The van der Waals surface area contributed by atoms with Gasteiger partial charge < -0.3 is 15.0 Å². The lowest BCUT2D eigenvalue weighted by atomic mass is 10.1. The van der Waals surface area contributed by atoms with Crippen LogP contribution in [0.4, 0.5) is 13.2 Å². The van der Waals surface area contributed by atoms with Crippen LogP contribution < -0.4 is 10.1 Å². The summed E-state index contributed by atoms with van der Waals surface area (Å²) in [6.45, 7) is -2.53. The lowest BCUT2D eigenvalue weighted by molar-refractivity contribution is -0.125. The van der Waals surface area contributed by atoms with E-state index in [-0.39, 0.29) is 17.2 Å². The fourth-order valence-electron chi connectivity index (χ4n) is 2.47. The zero-order valence-electron chi connectivity index (χ0n) is 12.5. The van der Waals surface area contributed by atoms with E-state index in [1.54, 1.807) is 0 Å². The van der Waals surface area contributed by atoms with E-state index >= 15 is 0 Å². The SMILES string of the molecule is CN(C(=O)c1ccc(OC(F)F)cc1F)C1CCCCNC1=O. The van der Waals surface area contributed by atoms with Crippen molar-refractivity contribution in [2.75, 3.05) is 13.6 Å². The van der Waals surface area contributed by atoms with Crippen molar-refractivity contribution in [2.24, 2.45) is 0 Å². The number of amides is 2. The van der Waals surface area contributed by atoms with Crippen molar-refractivity contribution in [3.63, 3.8) is 0 Å². The van der Waals surface area contributed by atoms with Crippen LogP contribution in [0.2, 0.25) is 0 Å². The van der Waals surface area contributed by atoms with Gasteiger partial charge in [0.15, 0.2) is 0 Å². The topological polar surface area (TPSA) is 58.6 Å². The number of carbonyl (C=O) groups excluding carboxylic acids is 2. The Balaban J connectivity index is 2.17. The summed E-state index contributed by atoms with van der Waals surface area (Å²) in [6, 6.07) is 2.20. The Bertz CT molecular complexity index is 595. The number of nitrogens with zero attached hydrogens (tertiary/aromatic N) is 1. The maximum Gasteiger partial charge on any atom is 0.387 e. The maximum atomic E-state index is 14.0. The molecule has 1 N–H and O–H groups in total. The van der Waals surface area contributed by atoms with Gasteiger partial charge in [-0.25, -0.2) is 4.39 Å². The summed E-state index contributed by atoms with van der Waals surface area (Å²) in [5.74, 6) is -2.32. The first kappa shape index (κ1) is 17.1. The molecule has 1 unspecified atom stereocenters. The summed E-state index contributed by atoms with van der Waals surface area (Å²) in [6.07, 6.45) is 2.07. The van der Waals surface area contributed by atoms with Gasteiger partial charge in [0.25, 0.3) is 5.91 Å². The van der Waals surface area contributed by atoms with E-state index in [1.807, 2.05) is 0 Å². The fraction of sp³-hybridized carbons (Fsp3) is 0.467. The highest BCUT2D eigenvalue weighted by atomic mass is 19.3. The first-order chi connectivity index (χ1) is 10.9. The van der Waals surface area contributed by atoms with E-state index in [0.29, 0.717) is 13.0 Å². The standard InChI is InChI=1S/C15H17F3N2O3/c1-20(12-4-2-3-7-19-13(12)21)14(22)10-6-5-9(8-11(10)16)23-15(17)18/h5-6,8,12,15H,2-4,7H2,1H3,(H,19,21). The van der Waals surface area contributed by atoms with Gasteiger partial charge in [-0.15, -0.1) is 0 Å². The molecule has 2 amide bonds. The zero-order valence-corrected chi connectivity index (χ0v) is 12.5. The van der Waals surface area contributed by atoms with Crippen LogP contribution in [0.15, 0.2) is 18.2 Å². The average molecular weight is 330 g/mol. The molecule has 1 saturated heterocycles. The molecule has 0 aromatic heterocycles. The Kier molecular flexibility index (Phi) is 5.46. The van der Waals surface area contributed by atoms with Crippen LogP contribution in [-0.2, 0) is 4.79 Å². The van der Waals surface area contributed by atoms with Crippen LogP contribution >= 0.6 is 0 Å². The molecule has 5 nitrogen and oxygen atoms in total. The first-order valence-corrected chi connectivity index (χ1v) is 7.19. The van der Waals surface area contributed by atoms with Gasteiger partial charge in [0.05, 0.1) is 5.56 Å². The van der Waals surface area contributed by atoms with Gasteiger partial charge in [-0.1, -0.05) is 0 Å². The second-order valence-corrected chi connectivity index (χ2v) is 5.24. The summed E-state index contributed by atoms with van der Waals surface area (Å²) in [4.78, 5) is 25.5. The monoisotopic (exact) mass is 330 g/mol. The molecule has 1 aliphatic rings. The number of alkyl halides is 2. The molecule has 0 aliphatic carbocycles. The molecular weight excluding hydrogens is 313 g/mol. The number of rotatable bonds is 4. The van der Waals surface area contributed by atoms with E-state index in [9.17, 15) is 22.8 Å². The third kappa shape index (κ3) is 4.14. The van der Waals surface area contributed by atoms with E-state index in [4.69, 9.17) is 0 Å². The third-order valence-electron chi connectivity index (χ3n) is 3.69. The Labute approximate surface area is 131 Å². The van der Waals surface area contributed by atoms with Crippen molar-refractivity contribution in [3.8, 4) is 5.75 Å². The number of halogens is 3. The van der Waals surface area contributed by atoms with Crippen molar-refractivity contribution >= 4 is 11.8 Å². The summed E-state index contributed by atoms with van der Waals surface area (Å²) < 4.78 is 42.3. The Hall–Kier alpha value is -2.25. The van der Waals surface area contributed by atoms with Gasteiger partial charge in [0.1, 0.15) is 17.6 Å². The first-order valence-electron chi connectivity index (χ1n) is 7.19.